The molecule has 0 radical (unpaired) electrons. The van der Waals surface area contributed by atoms with Crippen molar-refractivity contribution in [2.75, 3.05) is 26.2 Å². The van der Waals surface area contributed by atoms with Crippen LogP contribution in [0.2, 0.25) is 0 Å². The number of azo groups is 1. The SMILES string of the molecule is O=C(N=NC(=O)N1CCCCC1)N1CCCCC1.c1ccccc1. The van der Waals surface area contributed by atoms with Crippen molar-refractivity contribution < 1.29 is 9.59 Å². The molecule has 2 fully saturated rings. The molecule has 130 valence electrons. The lowest BCUT2D eigenvalue weighted by atomic mass is 10.1. The molecule has 0 saturated carbocycles. The van der Waals surface area contributed by atoms with Gasteiger partial charge in [0.15, 0.2) is 0 Å². The van der Waals surface area contributed by atoms with E-state index < -0.39 is 0 Å². The van der Waals surface area contributed by atoms with Gasteiger partial charge in [0.1, 0.15) is 0 Å². The molecule has 0 unspecified atom stereocenters. The molecule has 0 aromatic heterocycles. The molecule has 2 heterocycles. The molecule has 2 aliphatic rings. The van der Waals surface area contributed by atoms with Crippen molar-refractivity contribution in [1.82, 2.24) is 9.80 Å². The van der Waals surface area contributed by atoms with Crippen molar-refractivity contribution in [3.8, 4) is 0 Å². The lowest BCUT2D eigenvalue weighted by Crippen LogP contribution is -2.35. The maximum Gasteiger partial charge on any atom is 0.362 e. The molecule has 1 aromatic rings. The normalized spacial score (nSPS) is 18.0. The number of piperidine rings is 2. The van der Waals surface area contributed by atoms with Crippen LogP contribution in [0.15, 0.2) is 46.6 Å². The summed E-state index contributed by atoms with van der Waals surface area (Å²) in [7, 11) is 0. The Labute approximate surface area is 143 Å². The minimum absolute atomic E-state index is 0.375. The van der Waals surface area contributed by atoms with E-state index in [9.17, 15) is 9.59 Å². The van der Waals surface area contributed by atoms with Crippen LogP contribution in [-0.2, 0) is 0 Å². The van der Waals surface area contributed by atoms with E-state index in [1.54, 1.807) is 9.80 Å². The summed E-state index contributed by atoms with van der Waals surface area (Å²) < 4.78 is 0. The van der Waals surface area contributed by atoms with Gasteiger partial charge in [-0.05, 0) is 38.5 Å². The highest BCUT2D eigenvalue weighted by molar-refractivity contribution is 5.79. The highest BCUT2D eigenvalue weighted by Crippen LogP contribution is 2.12. The van der Waals surface area contributed by atoms with Crippen molar-refractivity contribution in [3.05, 3.63) is 36.4 Å². The van der Waals surface area contributed by atoms with Crippen molar-refractivity contribution in [2.45, 2.75) is 38.5 Å². The number of urea groups is 2. The number of nitrogens with zero attached hydrogens (tertiary/aromatic N) is 4. The summed E-state index contributed by atoms with van der Waals surface area (Å²) in [6.45, 7) is 2.93. The first-order chi connectivity index (χ1) is 11.8. The second kappa shape index (κ2) is 10.5. The van der Waals surface area contributed by atoms with Crippen molar-refractivity contribution in [2.24, 2.45) is 10.2 Å². The zero-order valence-electron chi connectivity index (χ0n) is 14.1. The summed E-state index contributed by atoms with van der Waals surface area (Å²) in [4.78, 5) is 26.7. The van der Waals surface area contributed by atoms with Gasteiger partial charge in [0, 0.05) is 26.2 Å². The van der Waals surface area contributed by atoms with Gasteiger partial charge in [0.05, 0.1) is 0 Å². The Balaban J connectivity index is 0.000000292. The molecule has 2 aliphatic heterocycles. The van der Waals surface area contributed by atoms with Gasteiger partial charge < -0.3 is 9.80 Å². The van der Waals surface area contributed by atoms with Crippen LogP contribution in [0.25, 0.3) is 0 Å². The first kappa shape index (κ1) is 18.1. The number of benzene rings is 1. The third kappa shape index (κ3) is 6.48. The first-order valence-electron chi connectivity index (χ1n) is 8.77. The number of rotatable bonds is 0. The molecule has 4 amide bonds. The second-order valence-corrected chi connectivity index (χ2v) is 6.02. The van der Waals surface area contributed by atoms with E-state index >= 15 is 0 Å². The third-order valence-electron chi connectivity index (χ3n) is 4.14. The van der Waals surface area contributed by atoms with E-state index in [-0.39, 0.29) is 12.1 Å². The Morgan fingerprint density at radius 2 is 0.833 bits per heavy atom. The lowest BCUT2D eigenvalue weighted by Gasteiger charge is -2.25. The topological polar surface area (TPSA) is 65.3 Å². The standard InChI is InChI=1S/C12H20N4O2.C6H6/c17-11(15-7-3-1-4-8-15)13-14-12(18)16-9-5-2-6-10-16;1-2-4-6-5-3-1/h1-10H2;1-6H. The maximum absolute atomic E-state index is 11.7. The fourth-order valence-electron chi connectivity index (χ4n) is 2.77. The van der Waals surface area contributed by atoms with E-state index in [1.165, 1.54) is 0 Å². The zero-order valence-corrected chi connectivity index (χ0v) is 14.1. The fourth-order valence-corrected chi connectivity index (χ4v) is 2.77. The summed E-state index contributed by atoms with van der Waals surface area (Å²) >= 11 is 0. The van der Waals surface area contributed by atoms with E-state index in [2.05, 4.69) is 10.2 Å². The van der Waals surface area contributed by atoms with Gasteiger partial charge in [0.25, 0.3) is 0 Å². The monoisotopic (exact) mass is 330 g/mol. The number of carbonyl (C=O) groups is 2. The van der Waals surface area contributed by atoms with Gasteiger partial charge in [-0.25, -0.2) is 9.59 Å². The lowest BCUT2D eigenvalue weighted by molar-refractivity contribution is 0.187. The van der Waals surface area contributed by atoms with E-state index in [0.717, 1.165) is 64.7 Å². The van der Waals surface area contributed by atoms with Crippen molar-refractivity contribution in [1.29, 1.82) is 0 Å². The van der Waals surface area contributed by atoms with Crippen LogP contribution in [-0.4, -0.2) is 48.0 Å². The number of carbonyl (C=O) groups excluding carboxylic acids is 2. The fraction of sp³-hybridized carbons (Fsp3) is 0.556. The number of amides is 4. The van der Waals surface area contributed by atoms with Crippen LogP contribution in [0.5, 0.6) is 0 Å². The molecular weight excluding hydrogens is 304 g/mol. The number of likely N-dealkylation sites (tertiary alicyclic amines) is 2. The van der Waals surface area contributed by atoms with Crippen LogP contribution in [0.3, 0.4) is 0 Å². The summed E-state index contributed by atoms with van der Waals surface area (Å²) in [6.07, 6.45) is 6.38. The minimum atomic E-state index is -0.375. The predicted octanol–water partition coefficient (Wildman–Crippen LogP) is 4.34. The summed E-state index contributed by atoms with van der Waals surface area (Å²) in [5.41, 5.74) is 0. The summed E-state index contributed by atoms with van der Waals surface area (Å²) in [5.74, 6) is 0. The first-order valence-corrected chi connectivity index (χ1v) is 8.77. The third-order valence-corrected chi connectivity index (χ3v) is 4.14. The van der Waals surface area contributed by atoms with Gasteiger partial charge in [-0.2, -0.15) is 0 Å². The Kier molecular flexibility index (Phi) is 7.93. The van der Waals surface area contributed by atoms with Crippen LogP contribution in [0, 0.1) is 0 Å². The van der Waals surface area contributed by atoms with Crippen molar-refractivity contribution in [3.63, 3.8) is 0 Å². The second-order valence-electron chi connectivity index (χ2n) is 6.02. The molecule has 0 aliphatic carbocycles. The van der Waals surface area contributed by atoms with E-state index in [1.807, 2.05) is 36.4 Å². The zero-order chi connectivity index (χ0) is 17.0. The van der Waals surface area contributed by atoms with E-state index in [0.29, 0.717) is 0 Å². The van der Waals surface area contributed by atoms with Gasteiger partial charge in [0.2, 0.25) is 0 Å². The number of hydrogen-bond acceptors (Lipinski definition) is 2. The molecule has 3 rings (SSSR count). The highest BCUT2D eigenvalue weighted by Gasteiger charge is 2.18. The van der Waals surface area contributed by atoms with Crippen LogP contribution in [0.1, 0.15) is 38.5 Å². The molecule has 0 spiro atoms. The Morgan fingerprint density at radius 3 is 1.12 bits per heavy atom. The molecule has 6 heteroatoms. The van der Waals surface area contributed by atoms with Gasteiger partial charge in [-0.15, -0.1) is 0 Å². The van der Waals surface area contributed by atoms with Crippen LogP contribution < -0.4 is 0 Å². The molecular formula is C18H26N4O2. The van der Waals surface area contributed by atoms with Crippen LogP contribution in [0.4, 0.5) is 9.59 Å². The Hall–Kier alpha value is -2.24. The average molecular weight is 330 g/mol. The Bertz CT molecular complexity index is 462. The highest BCUT2D eigenvalue weighted by atomic mass is 16.2. The largest absolute Gasteiger partial charge is 0.362 e. The molecule has 0 atom stereocenters. The molecule has 0 bridgehead atoms. The molecule has 6 nitrogen and oxygen atoms in total. The van der Waals surface area contributed by atoms with Crippen LogP contribution >= 0.6 is 0 Å². The van der Waals surface area contributed by atoms with Gasteiger partial charge in [-0.1, -0.05) is 46.6 Å². The van der Waals surface area contributed by atoms with Crippen molar-refractivity contribution >= 4 is 12.1 Å². The predicted molar refractivity (Wildman–Crippen MR) is 92.9 cm³/mol. The summed E-state index contributed by atoms with van der Waals surface area (Å²) in [6, 6.07) is 11.3. The number of hydrogen-bond donors (Lipinski definition) is 0. The maximum atomic E-state index is 11.7. The molecule has 0 N–H and O–H groups in total. The smallest absolute Gasteiger partial charge is 0.322 e. The van der Waals surface area contributed by atoms with E-state index in [4.69, 9.17) is 0 Å². The molecule has 2 saturated heterocycles. The summed E-state index contributed by atoms with van der Waals surface area (Å²) in [5, 5.41) is 7.09. The quantitative estimate of drug-likeness (QED) is 0.664. The molecule has 1 aromatic carbocycles. The Morgan fingerprint density at radius 1 is 0.542 bits per heavy atom. The molecule has 24 heavy (non-hydrogen) atoms. The van der Waals surface area contributed by atoms with Gasteiger partial charge >= 0.3 is 12.1 Å². The minimum Gasteiger partial charge on any atom is -0.322 e. The average Bonchev–Trinajstić information content (AvgIpc) is 2.69. The van der Waals surface area contributed by atoms with Gasteiger partial charge in [-0.3, -0.25) is 0 Å².